The third-order valence-corrected chi connectivity index (χ3v) is 8.69. The SMILES string of the molecule is CCCC(CCC)[C@H]1COC(c2cc(Oc3ccc4cc(C)cc(O)c4n3)cc([Si](C)(C)C)c2)=N1. The lowest BCUT2D eigenvalue weighted by Gasteiger charge is -2.19. The number of nitrogens with zero attached hydrogens (tertiary/aromatic N) is 2. The summed E-state index contributed by atoms with van der Waals surface area (Å²) in [6, 6.07) is 14.1. The quantitative estimate of drug-likeness (QED) is 0.330. The van der Waals surface area contributed by atoms with Crippen molar-refractivity contribution in [3.05, 3.63) is 53.6 Å². The first-order valence-electron chi connectivity index (χ1n) is 12.8. The molecule has 0 aliphatic carbocycles. The Labute approximate surface area is 210 Å². The van der Waals surface area contributed by atoms with Gasteiger partial charge in [-0.25, -0.2) is 9.98 Å². The van der Waals surface area contributed by atoms with Crippen LogP contribution >= 0.6 is 0 Å². The number of pyridine rings is 1. The third-order valence-electron chi connectivity index (χ3n) is 6.67. The molecule has 0 amide bonds. The van der Waals surface area contributed by atoms with E-state index in [-0.39, 0.29) is 11.8 Å². The monoisotopic (exact) mass is 490 g/mol. The highest BCUT2D eigenvalue weighted by molar-refractivity contribution is 6.88. The fraction of sp³-hybridized carbons (Fsp3) is 0.448. The second-order valence-electron chi connectivity index (χ2n) is 10.8. The van der Waals surface area contributed by atoms with E-state index in [0.29, 0.717) is 29.7 Å². The smallest absolute Gasteiger partial charge is 0.219 e. The standard InChI is InChI=1S/C29H38N2O3Si/c1-7-9-20(10-8-2)25-18-33-29(30-25)22-15-23(17-24(16-22)35(4,5)6)34-27-12-11-21-13-19(3)14-26(32)28(21)31-27/h11-17,20,25,32H,7-10,18H2,1-6H3/t25-/m1/s1. The Morgan fingerprint density at radius 2 is 1.80 bits per heavy atom. The lowest BCUT2D eigenvalue weighted by Crippen LogP contribution is -2.38. The van der Waals surface area contributed by atoms with Gasteiger partial charge >= 0.3 is 0 Å². The maximum atomic E-state index is 10.4. The summed E-state index contributed by atoms with van der Waals surface area (Å²) in [7, 11) is -1.64. The number of phenolic OH excluding ortho intramolecular Hbond substituents is 1. The predicted octanol–water partition coefficient (Wildman–Crippen LogP) is 6.95. The van der Waals surface area contributed by atoms with Crippen molar-refractivity contribution in [3.63, 3.8) is 0 Å². The zero-order chi connectivity index (χ0) is 25.2. The Hall–Kier alpha value is -2.86. The average molecular weight is 491 g/mol. The highest BCUT2D eigenvalue weighted by Crippen LogP contribution is 2.30. The molecule has 0 saturated heterocycles. The van der Waals surface area contributed by atoms with Crippen molar-refractivity contribution in [1.29, 1.82) is 0 Å². The molecule has 0 unspecified atom stereocenters. The largest absolute Gasteiger partial charge is 0.506 e. The average Bonchev–Trinajstić information content (AvgIpc) is 3.29. The Morgan fingerprint density at radius 1 is 1.06 bits per heavy atom. The first-order chi connectivity index (χ1) is 16.7. The fourth-order valence-corrected chi connectivity index (χ4v) is 5.96. The summed E-state index contributed by atoms with van der Waals surface area (Å²) < 4.78 is 12.4. The summed E-state index contributed by atoms with van der Waals surface area (Å²) >= 11 is 0. The molecule has 1 aliphatic heterocycles. The Kier molecular flexibility index (Phi) is 7.50. The van der Waals surface area contributed by atoms with Gasteiger partial charge in [0, 0.05) is 17.0 Å². The van der Waals surface area contributed by atoms with Crippen LogP contribution < -0.4 is 9.92 Å². The van der Waals surface area contributed by atoms with E-state index >= 15 is 0 Å². The van der Waals surface area contributed by atoms with Gasteiger partial charge in [0.15, 0.2) is 0 Å². The van der Waals surface area contributed by atoms with Crippen LogP contribution in [0.2, 0.25) is 19.6 Å². The normalized spacial score (nSPS) is 16.0. The van der Waals surface area contributed by atoms with Crippen LogP contribution in [-0.4, -0.2) is 36.7 Å². The zero-order valence-corrected chi connectivity index (χ0v) is 22.9. The Bertz CT molecular complexity index is 1230. The number of fused-ring (bicyclic) bond motifs is 1. The van der Waals surface area contributed by atoms with Gasteiger partial charge in [-0.05, 0) is 61.6 Å². The molecule has 186 valence electrons. The molecule has 0 radical (unpaired) electrons. The predicted molar refractivity (Wildman–Crippen MR) is 147 cm³/mol. The zero-order valence-electron chi connectivity index (χ0n) is 21.9. The summed E-state index contributed by atoms with van der Waals surface area (Å²) in [6.45, 7) is 14.1. The van der Waals surface area contributed by atoms with Crippen LogP contribution in [0, 0.1) is 12.8 Å². The van der Waals surface area contributed by atoms with Crippen LogP contribution in [0.15, 0.2) is 47.5 Å². The molecule has 2 heterocycles. The van der Waals surface area contributed by atoms with E-state index in [1.54, 1.807) is 6.07 Å². The van der Waals surface area contributed by atoms with Crippen molar-refractivity contribution < 1.29 is 14.6 Å². The molecule has 0 spiro atoms. The number of aliphatic imine (C=N–C) groups is 1. The number of ether oxygens (including phenoxy) is 2. The number of aromatic hydroxyl groups is 1. The molecule has 1 N–H and O–H groups in total. The molecule has 5 nitrogen and oxygen atoms in total. The topological polar surface area (TPSA) is 63.9 Å². The number of benzene rings is 2. The third kappa shape index (κ3) is 5.86. The molecule has 0 bridgehead atoms. The Morgan fingerprint density at radius 3 is 2.49 bits per heavy atom. The second kappa shape index (κ2) is 10.4. The minimum atomic E-state index is -1.64. The van der Waals surface area contributed by atoms with E-state index in [1.165, 1.54) is 30.9 Å². The van der Waals surface area contributed by atoms with Gasteiger partial charge in [-0.1, -0.05) is 57.6 Å². The fourth-order valence-electron chi connectivity index (χ4n) is 4.80. The summed E-state index contributed by atoms with van der Waals surface area (Å²) in [5, 5.41) is 12.5. The molecule has 0 saturated carbocycles. The van der Waals surface area contributed by atoms with Gasteiger partial charge < -0.3 is 14.6 Å². The molecular weight excluding hydrogens is 452 g/mol. The van der Waals surface area contributed by atoms with Crippen LogP contribution in [0.25, 0.3) is 10.9 Å². The maximum Gasteiger partial charge on any atom is 0.219 e. The van der Waals surface area contributed by atoms with E-state index < -0.39 is 8.07 Å². The highest BCUT2D eigenvalue weighted by Gasteiger charge is 2.28. The van der Waals surface area contributed by atoms with Crippen LogP contribution in [0.5, 0.6) is 17.4 Å². The van der Waals surface area contributed by atoms with Crippen LogP contribution in [0.3, 0.4) is 0 Å². The molecule has 4 rings (SSSR count). The van der Waals surface area contributed by atoms with Crippen molar-refractivity contribution in [1.82, 2.24) is 4.98 Å². The van der Waals surface area contributed by atoms with E-state index in [1.807, 2.05) is 31.2 Å². The lowest BCUT2D eigenvalue weighted by molar-refractivity contribution is 0.261. The molecule has 6 heteroatoms. The van der Waals surface area contributed by atoms with E-state index in [4.69, 9.17) is 14.5 Å². The second-order valence-corrected chi connectivity index (χ2v) is 15.8. The van der Waals surface area contributed by atoms with Gasteiger partial charge in [-0.15, -0.1) is 0 Å². The molecular formula is C29H38N2O3Si. The minimum Gasteiger partial charge on any atom is -0.506 e. The van der Waals surface area contributed by atoms with Gasteiger partial charge in [-0.2, -0.15) is 0 Å². The van der Waals surface area contributed by atoms with E-state index in [9.17, 15) is 5.11 Å². The first-order valence-corrected chi connectivity index (χ1v) is 16.3. The summed E-state index contributed by atoms with van der Waals surface area (Å²) in [5.41, 5.74) is 2.50. The highest BCUT2D eigenvalue weighted by atomic mass is 28.3. The van der Waals surface area contributed by atoms with Gasteiger partial charge in [0.05, 0.1) is 14.1 Å². The molecule has 0 fully saturated rings. The number of phenols is 1. The summed E-state index contributed by atoms with van der Waals surface area (Å²) in [5.74, 6) is 2.61. The molecule has 2 aromatic carbocycles. The molecule has 1 aliphatic rings. The van der Waals surface area contributed by atoms with Crippen LogP contribution in [0.1, 0.15) is 50.7 Å². The molecule has 35 heavy (non-hydrogen) atoms. The van der Waals surface area contributed by atoms with Crippen LogP contribution in [0.4, 0.5) is 0 Å². The number of aryl methyl sites for hydroxylation is 1. The van der Waals surface area contributed by atoms with Gasteiger partial charge in [0.2, 0.25) is 11.8 Å². The van der Waals surface area contributed by atoms with Crippen molar-refractivity contribution in [2.45, 2.75) is 72.1 Å². The Balaban J connectivity index is 1.68. The number of aromatic nitrogens is 1. The number of hydrogen-bond donors (Lipinski definition) is 1. The van der Waals surface area contributed by atoms with Gasteiger partial charge in [0.25, 0.3) is 0 Å². The van der Waals surface area contributed by atoms with Crippen molar-refractivity contribution in [3.8, 4) is 17.4 Å². The lowest BCUT2D eigenvalue weighted by atomic mass is 9.91. The summed E-state index contributed by atoms with van der Waals surface area (Å²) in [6.07, 6.45) is 4.70. The minimum absolute atomic E-state index is 0.162. The molecule has 1 aromatic heterocycles. The summed E-state index contributed by atoms with van der Waals surface area (Å²) in [4.78, 5) is 9.62. The first kappa shape index (κ1) is 25.2. The van der Waals surface area contributed by atoms with Gasteiger partial charge in [-0.3, -0.25) is 0 Å². The van der Waals surface area contributed by atoms with Crippen LogP contribution in [-0.2, 0) is 4.74 Å². The molecule has 1 atom stereocenters. The van der Waals surface area contributed by atoms with E-state index in [0.717, 1.165) is 22.4 Å². The van der Waals surface area contributed by atoms with Gasteiger partial charge in [0.1, 0.15) is 23.6 Å². The van der Waals surface area contributed by atoms with E-state index in [2.05, 4.69) is 50.6 Å². The number of hydrogen-bond acceptors (Lipinski definition) is 5. The van der Waals surface area contributed by atoms with Crippen molar-refractivity contribution in [2.75, 3.05) is 6.61 Å². The number of rotatable bonds is 9. The van der Waals surface area contributed by atoms with Crippen molar-refractivity contribution in [2.24, 2.45) is 10.9 Å². The molecule has 3 aromatic rings. The van der Waals surface area contributed by atoms with Crippen molar-refractivity contribution >= 4 is 30.1 Å². The maximum absolute atomic E-state index is 10.4.